The lowest BCUT2D eigenvalue weighted by molar-refractivity contribution is 0.606. The quantitative estimate of drug-likeness (QED) is 0.787. The second kappa shape index (κ2) is 7.78. The van der Waals surface area contributed by atoms with Gasteiger partial charge in [0.05, 0.1) is 0 Å². The molecule has 4 heteroatoms. The maximum atomic E-state index is 4.57. The summed E-state index contributed by atoms with van der Waals surface area (Å²) in [7, 11) is 0. The number of aromatic nitrogens is 2. The lowest BCUT2D eigenvalue weighted by Gasteiger charge is -2.12. The van der Waals surface area contributed by atoms with Gasteiger partial charge in [0, 0.05) is 24.0 Å². The average molecular weight is 298 g/mol. The van der Waals surface area contributed by atoms with Crippen LogP contribution in [0.1, 0.15) is 38.4 Å². The zero-order valence-electron chi connectivity index (χ0n) is 14.0. The van der Waals surface area contributed by atoms with E-state index in [-0.39, 0.29) is 0 Å². The van der Waals surface area contributed by atoms with Crippen LogP contribution in [-0.4, -0.2) is 16.5 Å². The molecule has 2 aromatic rings. The van der Waals surface area contributed by atoms with Gasteiger partial charge in [-0.25, -0.2) is 4.98 Å². The molecule has 2 N–H and O–H groups in total. The van der Waals surface area contributed by atoms with Gasteiger partial charge in [0.25, 0.3) is 0 Å². The van der Waals surface area contributed by atoms with Crippen LogP contribution < -0.4 is 10.6 Å². The molecule has 0 fully saturated rings. The van der Waals surface area contributed by atoms with Gasteiger partial charge in [-0.3, -0.25) is 0 Å². The number of nitrogens with one attached hydrogen (secondary N) is 2. The molecule has 1 heterocycles. The van der Waals surface area contributed by atoms with E-state index in [1.165, 1.54) is 5.56 Å². The van der Waals surface area contributed by atoms with E-state index in [0.29, 0.717) is 11.9 Å². The summed E-state index contributed by atoms with van der Waals surface area (Å²) in [6, 6.07) is 10.3. The fourth-order valence-corrected chi connectivity index (χ4v) is 2.27. The Kier molecular flexibility index (Phi) is 5.75. The molecule has 0 amide bonds. The summed E-state index contributed by atoms with van der Waals surface area (Å²) in [5.41, 5.74) is 3.30. The van der Waals surface area contributed by atoms with Crippen LogP contribution >= 0.6 is 0 Å². The lowest BCUT2D eigenvalue weighted by Crippen LogP contribution is -2.09. The minimum atomic E-state index is 0.646. The number of benzene rings is 1. The van der Waals surface area contributed by atoms with Gasteiger partial charge in [0.1, 0.15) is 5.82 Å². The molecule has 0 unspecified atom stereocenters. The van der Waals surface area contributed by atoms with Crippen LogP contribution in [0.4, 0.5) is 17.5 Å². The van der Waals surface area contributed by atoms with Crippen molar-refractivity contribution in [2.24, 2.45) is 5.92 Å². The summed E-state index contributed by atoms with van der Waals surface area (Å²) >= 11 is 0. The van der Waals surface area contributed by atoms with E-state index >= 15 is 0 Å². The number of nitrogens with zero attached hydrogens (tertiary/aromatic N) is 2. The first-order valence-corrected chi connectivity index (χ1v) is 8.03. The standard InChI is InChI=1S/C18H26N4/c1-5-15-8-6-7-9-16(15)21-18-20-14(4)12-17(22-18)19-11-10-13(2)3/h6-9,12-13H,5,10-11H2,1-4H3,(H2,19,20,21,22). The Hall–Kier alpha value is -2.10. The van der Waals surface area contributed by atoms with E-state index in [0.717, 1.165) is 36.6 Å². The van der Waals surface area contributed by atoms with Crippen molar-refractivity contribution in [3.8, 4) is 0 Å². The molecule has 0 aliphatic carbocycles. The number of anilines is 3. The number of aryl methyl sites for hydroxylation is 2. The molecule has 2 rings (SSSR count). The first-order valence-electron chi connectivity index (χ1n) is 8.03. The fourth-order valence-electron chi connectivity index (χ4n) is 2.27. The Labute approximate surface area is 133 Å². The van der Waals surface area contributed by atoms with Gasteiger partial charge >= 0.3 is 0 Å². The average Bonchev–Trinajstić information content (AvgIpc) is 2.47. The third-order valence-electron chi connectivity index (χ3n) is 3.53. The molecule has 0 atom stereocenters. The van der Waals surface area contributed by atoms with Crippen molar-refractivity contribution in [1.29, 1.82) is 0 Å². The molecular weight excluding hydrogens is 272 g/mol. The van der Waals surface area contributed by atoms with E-state index in [1.54, 1.807) is 0 Å². The summed E-state index contributed by atoms with van der Waals surface area (Å²) in [6.45, 7) is 9.52. The second-order valence-electron chi connectivity index (χ2n) is 5.96. The predicted molar refractivity (Wildman–Crippen MR) is 93.8 cm³/mol. The summed E-state index contributed by atoms with van der Waals surface area (Å²) in [5, 5.41) is 6.72. The van der Waals surface area contributed by atoms with E-state index in [4.69, 9.17) is 0 Å². The first-order chi connectivity index (χ1) is 10.6. The summed E-state index contributed by atoms with van der Waals surface area (Å²) in [6.07, 6.45) is 2.11. The Balaban J connectivity index is 2.12. The number of hydrogen-bond donors (Lipinski definition) is 2. The summed E-state index contributed by atoms with van der Waals surface area (Å²) in [5.74, 6) is 2.21. The SMILES string of the molecule is CCc1ccccc1Nc1nc(C)cc(NCCC(C)C)n1. The molecule has 22 heavy (non-hydrogen) atoms. The van der Waals surface area contributed by atoms with Gasteiger partial charge in [0.15, 0.2) is 0 Å². The zero-order valence-corrected chi connectivity index (χ0v) is 14.0. The van der Waals surface area contributed by atoms with Crippen LogP contribution in [-0.2, 0) is 6.42 Å². The normalized spacial score (nSPS) is 10.8. The van der Waals surface area contributed by atoms with Crippen LogP contribution in [0.25, 0.3) is 0 Å². The van der Waals surface area contributed by atoms with Crippen LogP contribution in [0.3, 0.4) is 0 Å². The topological polar surface area (TPSA) is 49.8 Å². The van der Waals surface area contributed by atoms with Crippen molar-refractivity contribution in [2.75, 3.05) is 17.2 Å². The van der Waals surface area contributed by atoms with E-state index in [2.05, 4.69) is 59.6 Å². The Morgan fingerprint density at radius 3 is 2.64 bits per heavy atom. The molecule has 0 saturated carbocycles. The van der Waals surface area contributed by atoms with Crippen molar-refractivity contribution < 1.29 is 0 Å². The highest BCUT2D eigenvalue weighted by Gasteiger charge is 2.05. The lowest BCUT2D eigenvalue weighted by atomic mass is 10.1. The molecule has 1 aromatic heterocycles. The molecule has 0 spiro atoms. The zero-order chi connectivity index (χ0) is 15.9. The molecule has 0 aliphatic rings. The van der Waals surface area contributed by atoms with Gasteiger partial charge in [0.2, 0.25) is 5.95 Å². The highest BCUT2D eigenvalue weighted by Crippen LogP contribution is 2.20. The predicted octanol–water partition coefficient (Wildman–Crippen LogP) is 4.55. The number of rotatable bonds is 7. The molecule has 4 nitrogen and oxygen atoms in total. The van der Waals surface area contributed by atoms with Crippen molar-refractivity contribution >= 4 is 17.5 Å². The minimum Gasteiger partial charge on any atom is -0.370 e. The van der Waals surface area contributed by atoms with Crippen LogP contribution in [0.2, 0.25) is 0 Å². The Morgan fingerprint density at radius 1 is 1.14 bits per heavy atom. The smallest absolute Gasteiger partial charge is 0.229 e. The maximum absolute atomic E-state index is 4.57. The first kappa shape index (κ1) is 16.3. The molecule has 0 radical (unpaired) electrons. The van der Waals surface area contributed by atoms with Gasteiger partial charge in [-0.15, -0.1) is 0 Å². The molecule has 0 saturated heterocycles. The van der Waals surface area contributed by atoms with E-state index in [1.807, 2.05) is 19.1 Å². The van der Waals surface area contributed by atoms with Crippen LogP contribution in [0.15, 0.2) is 30.3 Å². The van der Waals surface area contributed by atoms with Gasteiger partial charge in [-0.2, -0.15) is 4.98 Å². The monoisotopic (exact) mass is 298 g/mol. The molecule has 0 aliphatic heterocycles. The number of hydrogen-bond acceptors (Lipinski definition) is 4. The molecular formula is C18H26N4. The van der Waals surface area contributed by atoms with E-state index < -0.39 is 0 Å². The highest BCUT2D eigenvalue weighted by molar-refractivity contribution is 5.59. The Morgan fingerprint density at radius 2 is 1.91 bits per heavy atom. The van der Waals surface area contributed by atoms with E-state index in [9.17, 15) is 0 Å². The van der Waals surface area contributed by atoms with Crippen molar-refractivity contribution in [2.45, 2.75) is 40.5 Å². The molecule has 0 bridgehead atoms. The Bertz CT molecular complexity index is 608. The molecule has 118 valence electrons. The van der Waals surface area contributed by atoms with Crippen molar-refractivity contribution in [1.82, 2.24) is 9.97 Å². The van der Waals surface area contributed by atoms with Gasteiger partial charge in [-0.1, -0.05) is 39.0 Å². The van der Waals surface area contributed by atoms with Crippen LogP contribution in [0, 0.1) is 12.8 Å². The third kappa shape index (κ3) is 4.72. The molecule has 1 aromatic carbocycles. The number of para-hydroxylation sites is 1. The fraction of sp³-hybridized carbons (Fsp3) is 0.444. The second-order valence-corrected chi connectivity index (χ2v) is 5.96. The summed E-state index contributed by atoms with van der Waals surface area (Å²) < 4.78 is 0. The van der Waals surface area contributed by atoms with Crippen molar-refractivity contribution in [3.05, 3.63) is 41.6 Å². The third-order valence-corrected chi connectivity index (χ3v) is 3.53. The maximum Gasteiger partial charge on any atom is 0.229 e. The van der Waals surface area contributed by atoms with Gasteiger partial charge in [-0.05, 0) is 37.3 Å². The summed E-state index contributed by atoms with van der Waals surface area (Å²) in [4.78, 5) is 9.05. The van der Waals surface area contributed by atoms with Gasteiger partial charge < -0.3 is 10.6 Å². The largest absolute Gasteiger partial charge is 0.370 e. The minimum absolute atomic E-state index is 0.646. The van der Waals surface area contributed by atoms with Crippen molar-refractivity contribution in [3.63, 3.8) is 0 Å². The highest BCUT2D eigenvalue weighted by atomic mass is 15.1. The van der Waals surface area contributed by atoms with Crippen LogP contribution in [0.5, 0.6) is 0 Å².